The molecule has 0 atom stereocenters. The predicted octanol–water partition coefficient (Wildman–Crippen LogP) is 9.49. The Morgan fingerprint density at radius 3 is 0.303 bits per heavy atom. The molecule has 0 bridgehead atoms. The summed E-state index contributed by atoms with van der Waals surface area (Å²) in [4.78, 5) is 0. The fourth-order valence-electron chi connectivity index (χ4n) is 6.26. The van der Waals surface area contributed by atoms with E-state index in [1.165, 1.54) is 0 Å². The van der Waals surface area contributed by atoms with Gasteiger partial charge in [0, 0.05) is 0 Å². The molecule has 0 aromatic heterocycles. The second-order valence-electron chi connectivity index (χ2n) is 24.3. The maximum Gasteiger partial charge on any atom is 3.00 e. The molecule has 2 heterocycles. The van der Waals surface area contributed by atoms with Crippen LogP contribution in [0.1, 0.15) is 166 Å². The standard InChI is InChI=1S/4C9H18N.2C8H16O4.Fe.Li/c4*1-8(2,3)7(10)9(4,5)6;2*1-2-10-5-6-12-8-7-11-4-3-9-1;;/h4*1-6H3;2*1-8H2;;/q4*-1;;;+3;+1. The average Bonchev–Trinajstić information content (AvgIpc) is 3.09. The average molecular weight is 976 g/mol. The molecule has 2 saturated heterocycles. The van der Waals surface area contributed by atoms with Gasteiger partial charge >= 0.3 is 35.9 Å². The van der Waals surface area contributed by atoms with Gasteiger partial charge in [0.1, 0.15) is 0 Å². The third-order valence-electron chi connectivity index (χ3n) is 8.66. The van der Waals surface area contributed by atoms with Crippen LogP contribution in [0.5, 0.6) is 0 Å². The first kappa shape index (κ1) is 76.9. The van der Waals surface area contributed by atoms with Crippen LogP contribution in [0.15, 0.2) is 0 Å². The minimum atomic E-state index is -0.0851. The van der Waals surface area contributed by atoms with E-state index in [-0.39, 0.29) is 79.2 Å². The van der Waals surface area contributed by atoms with Crippen LogP contribution in [0.25, 0.3) is 21.6 Å². The summed E-state index contributed by atoms with van der Waals surface area (Å²) in [6.07, 6.45) is 0. The first-order valence-corrected chi connectivity index (χ1v) is 23.5. The topological polar surface area (TPSA) is 163 Å². The Hall–Kier alpha value is -0.523. The molecule has 0 unspecified atom stereocenters. The van der Waals surface area contributed by atoms with Crippen molar-refractivity contribution in [3.8, 4) is 0 Å². The Balaban J connectivity index is -0.000000163. The largest absolute Gasteiger partial charge is 3.00 e. The van der Waals surface area contributed by atoms with Crippen LogP contribution in [-0.4, -0.2) is 129 Å². The van der Waals surface area contributed by atoms with Gasteiger partial charge in [0.25, 0.3) is 0 Å². The fourth-order valence-corrected chi connectivity index (χ4v) is 6.26. The van der Waals surface area contributed by atoms with Crippen molar-refractivity contribution in [2.24, 2.45) is 43.3 Å². The smallest absolute Gasteiger partial charge is 0.810 e. The molecule has 2 rings (SSSR count). The summed E-state index contributed by atoms with van der Waals surface area (Å²) in [6, 6.07) is 0. The van der Waals surface area contributed by atoms with Crippen LogP contribution >= 0.6 is 0 Å². The zero-order valence-corrected chi connectivity index (χ0v) is 48.8. The molecule has 389 valence electrons. The van der Waals surface area contributed by atoms with Gasteiger partial charge in [-0.2, -0.15) is 22.8 Å². The molecule has 0 saturated carbocycles. The number of nitrogens with zero attached hydrogens (tertiary/aromatic N) is 4. The van der Waals surface area contributed by atoms with E-state index in [0.717, 1.165) is 0 Å². The molecule has 2 fully saturated rings. The van der Waals surface area contributed by atoms with Crippen molar-refractivity contribution in [2.75, 3.05) is 106 Å². The molecule has 66 heavy (non-hydrogen) atoms. The Morgan fingerprint density at radius 1 is 0.212 bits per heavy atom. The predicted molar refractivity (Wildman–Crippen MR) is 276 cm³/mol. The molecule has 0 spiro atoms. The van der Waals surface area contributed by atoms with E-state index < -0.39 is 0 Å². The van der Waals surface area contributed by atoms with Gasteiger partial charge in [0.05, 0.1) is 106 Å². The third kappa shape index (κ3) is 48.5. The Labute approximate surface area is 431 Å². The van der Waals surface area contributed by atoms with Crippen molar-refractivity contribution < 1.29 is 73.8 Å². The van der Waals surface area contributed by atoms with Crippen LogP contribution < -0.4 is 18.9 Å². The quantitative estimate of drug-likeness (QED) is 0.171. The molecule has 1 radical (unpaired) electrons. The van der Waals surface area contributed by atoms with Gasteiger partial charge in [0.15, 0.2) is 0 Å². The maximum atomic E-state index is 9.64. The molecule has 0 aliphatic carbocycles. The Bertz CT molecular complexity index is 925. The van der Waals surface area contributed by atoms with Gasteiger partial charge in [-0.25, -0.2) is 0 Å². The summed E-state index contributed by atoms with van der Waals surface area (Å²) < 4.78 is 41.7. The second-order valence-corrected chi connectivity index (χ2v) is 24.3. The zero-order chi connectivity index (χ0) is 51.3. The zero-order valence-electron chi connectivity index (χ0n) is 47.7. The van der Waals surface area contributed by atoms with Gasteiger partial charge in [-0.3, -0.25) is 0 Å². The number of ether oxygens (including phenoxy) is 8. The first-order valence-electron chi connectivity index (χ1n) is 23.5. The SMILES string of the molecule is C1COCCOCCOCCO1.C1COCCOCCOCCO1.CC(C)(C)C(=[N-])C(C)(C)C.CC(C)(C)C(=[N-])C(C)(C)C.CC(C)(C)C(=[N-])C(C)(C)C.CC(C)(C)C(=[N-])C(C)(C)C.[Fe+3].[Li+]. The van der Waals surface area contributed by atoms with Crippen molar-refractivity contribution in [3.05, 3.63) is 21.6 Å². The molecular weight excluding hydrogens is 871 g/mol. The number of rotatable bonds is 0. The van der Waals surface area contributed by atoms with E-state index in [2.05, 4.69) is 0 Å². The first-order chi connectivity index (χ1) is 28.6. The van der Waals surface area contributed by atoms with E-state index in [0.29, 0.717) is 129 Å². The summed E-state index contributed by atoms with van der Waals surface area (Å²) in [7, 11) is 0. The Morgan fingerprint density at radius 2 is 0.273 bits per heavy atom. The summed E-state index contributed by atoms with van der Waals surface area (Å²) in [5, 5.41) is 38.6. The third-order valence-corrected chi connectivity index (χ3v) is 8.66. The second kappa shape index (κ2) is 37.3. The maximum absolute atomic E-state index is 9.64. The van der Waals surface area contributed by atoms with E-state index in [1.54, 1.807) is 0 Å². The molecule has 14 heteroatoms. The number of hydrogen-bond donors (Lipinski definition) is 0. The van der Waals surface area contributed by atoms with Gasteiger partial charge < -0.3 is 59.5 Å². The van der Waals surface area contributed by atoms with E-state index in [4.69, 9.17) is 37.9 Å². The minimum Gasteiger partial charge on any atom is -0.810 e. The van der Waals surface area contributed by atoms with Crippen molar-refractivity contribution in [3.63, 3.8) is 0 Å². The molecule has 0 amide bonds. The molecule has 12 nitrogen and oxygen atoms in total. The normalized spacial score (nSPS) is 16.8. The van der Waals surface area contributed by atoms with Crippen LogP contribution in [0, 0.1) is 43.3 Å². The summed E-state index contributed by atoms with van der Waals surface area (Å²) in [5.41, 5.74) is 1.60. The fraction of sp³-hybridized carbons (Fsp3) is 0.923. The summed E-state index contributed by atoms with van der Waals surface area (Å²) >= 11 is 0. The van der Waals surface area contributed by atoms with E-state index in [9.17, 15) is 21.6 Å². The van der Waals surface area contributed by atoms with Crippen molar-refractivity contribution in [2.45, 2.75) is 166 Å². The van der Waals surface area contributed by atoms with E-state index in [1.807, 2.05) is 166 Å². The van der Waals surface area contributed by atoms with Crippen molar-refractivity contribution in [1.82, 2.24) is 0 Å². The monoisotopic (exact) mass is 976 g/mol. The number of hydrogen-bond acceptors (Lipinski definition) is 8. The van der Waals surface area contributed by atoms with Crippen LogP contribution in [0.3, 0.4) is 0 Å². The summed E-state index contributed by atoms with van der Waals surface area (Å²) in [6.45, 7) is 58.8. The van der Waals surface area contributed by atoms with Crippen LogP contribution in [0.2, 0.25) is 0 Å². The molecule has 0 aromatic carbocycles. The van der Waals surface area contributed by atoms with Crippen molar-refractivity contribution in [1.29, 1.82) is 0 Å². The molecule has 0 aromatic rings. The van der Waals surface area contributed by atoms with Crippen molar-refractivity contribution >= 4 is 22.8 Å². The Kier molecular flexibility index (Phi) is 43.5. The molecular formula is C52H104FeLiN4O8. The van der Waals surface area contributed by atoms with Crippen LogP contribution in [-0.2, 0) is 55.0 Å². The molecule has 0 N–H and O–H groups in total. The minimum absolute atomic E-state index is 0. The van der Waals surface area contributed by atoms with Gasteiger partial charge in [-0.05, 0) is 43.3 Å². The molecule has 2 aliphatic heterocycles. The molecule has 2 aliphatic rings. The van der Waals surface area contributed by atoms with Crippen LogP contribution in [0.4, 0.5) is 0 Å². The van der Waals surface area contributed by atoms with Gasteiger partial charge in [0.2, 0.25) is 0 Å². The van der Waals surface area contributed by atoms with Gasteiger partial charge in [-0.1, -0.05) is 166 Å². The van der Waals surface area contributed by atoms with Gasteiger partial charge in [-0.15, -0.1) is 0 Å². The van der Waals surface area contributed by atoms with E-state index >= 15 is 0 Å². The summed E-state index contributed by atoms with van der Waals surface area (Å²) in [5.74, 6) is 0.